The third-order valence-electron chi connectivity index (χ3n) is 2.84. The van der Waals surface area contributed by atoms with E-state index in [1.807, 2.05) is 12.1 Å². The summed E-state index contributed by atoms with van der Waals surface area (Å²) in [5.41, 5.74) is 2.39. The molecular weight excluding hydrogens is 198 g/mol. The van der Waals surface area contributed by atoms with Crippen molar-refractivity contribution in [1.82, 2.24) is 9.97 Å². The molecule has 1 aromatic heterocycles. The molecule has 1 aromatic carbocycles. The summed E-state index contributed by atoms with van der Waals surface area (Å²) in [5, 5.41) is 8.98. The average molecular weight is 213 g/mol. The highest BCUT2D eigenvalue weighted by Gasteiger charge is 2.11. The third kappa shape index (κ3) is 1.79. The standard InChI is InChI=1S/C13H15N3/c1-3-5-9(2)13-15-11-7-4-6-10(8-14)12(11)16-13/h4,6-7,9H,3,5H2,1-2H3,(H,15,16). The van der Waals surface area contributed by atoms with Gasteiger partial charge >= 0.3 is 0 Å². The predicted octanol–water partition coefficient (Wildman–Crippen LogP) is 3.34. The molecule has 0 aliphatic heterocycles. The molecule has 1 atom stereocenters. The molecule has 3 nitrogen and oxygen atoms in total. The number of aromatic amines is 1. The Hall–Kier alpha value is -1.82. The van der Waals surface area contributed by atoms with Gasteiger partial charge in [0.25, 0.3) is 0 Å². The molecule has 0 spiro atoms. The largest absolute Gasteiger partial charge is 0.342 e. The quantitative estimate of drug-likeness (QED) is 0.850. The van der Waals surface area contributed by atoms with Crippen LogP contribution in [0.5, 0.6) is 0 Å². The number of para-hydroxylation sites is 1. The molecule has 0 bridgehead atoms. The summed E-state index contributed by atoms with van der Waals surface area (Å²) in [7, 11) is 0. The van der Waals surface area contributed by atoms with E-state index < -0.39 is 0 Å². The molecule has 0 radical (unpaired) electrons. The number of nitrogens with one attached hydrogen (secondary N) is 1. The van der Waals surface area contributed by atoms with Gasteiger partial charge in [-0.05, 0) is 18.6 Å². The summed E-state index contributed by atoms with van der Waals surface area (Å²) in [6.07, 6.45) is 2.25. The highest BCUT2D eigenvalue weighted by molar-refractivity contribution is 5.81. The number of imidazole rings is 1. The zero-order valence-corrected chi connectivity index (χ0v) is 9.62. The number of fused-ring (bicyclic) bond motifs is 1. The third-order valence-corrected chi connectivity index (χ3v) is 2.84. The maximum atomic E-state index is 8.98. The molecule has 0 amide bonds. The summed E-state index contributed by atoms with van der Waals surface area (Å²) >= 11 is 0. The lowest BCUT2D eigenvalue weighted by Gasteiger charge is -2.04. The first-order valence-electron chi connectivity index (χ1n) is 5.65. The normalized spacial score (nSPS) is 12.6. The maximum absolute atomic E-state index is 8.98. The van der Waals surface area contributed by atoms with Crippen molar-refractivity contribution in [2.24, 2.45) is 0 Å². The number of H-pyrrole nitrogens is 1. The second-order valence-corrected chi connectivity index (χ2v) is 4.13. The number of benzene rings is 1. The Bertz CT molecular complexity index is 534. The van der Waals surface area contributed by atoms with Crippen LogP contribution in [0.1, 0.15) is 44.0 Å². The molecule has 2 rings (SSSR count). The molecule has 0 saturated heterocycles. The number of hydrogen-bond donors (Lipinski definition) is 1. The van der Waals surface area contributed by atoms with Gasteiger partial charge < -0.3 is 4.98 Å². The van der Waals surface area contributed by atoms with Gasteiger partial charge in [0.1, 0.15) is 17.4 Å². The fraction of sp³-hybridized carbons (Fsp3) is 0.385. The Kier molecular flexibility index (Phi) is 2.91. The van der Waals surface area contributed by atoms with Crippen molar-refractivity contribution in [3.63, 3.8) is 0 Å². The number of hydrogen-bond acceptors (Lipinski definition) is 2. The van der Waals surface area contributed by atoms with Crippen molar-refractivity contribution in [2.75, 3.05) is 0 Å². The zero-order valence-electron chi connectivity index (χ0n) is 9.62. The van der Waals surface area contributed by atoms with Crippen molar-refractivity contribution in [2.45, 2.75) is 32.6 Å². The van der Waals surface area contributed by atoms with Gasteiger partial charge in [0.2, 0.25) is 0 Å². The van der Waals surface area contributed by atoms with Crippen LogP contribution in [-0.2, 0) is 0 Å². The van der Waals surface area contributed by atoms with E-state index in [1.165, 1.54) is 0 Å². The molecule has 1 heterocycles. The Balaban J connectivity index is 2.48. The van der Waals surface area contributed by atoms with Crippen molar-refractivity contribution in [3.05, 3.63) is 29.6 Å². The van der Waals surface area contributed by atoms with Crippen LogP contribution in [-0.4, -0.2) is 9.97 Å². The highest BCUT2D eigenvalue weighted by atomic mass is 14.9. The van der Waals surface area contributed by atoms with E-state index in [4.69, 9.17) is 5.26 Å². The zero-order chi connectivity index (χ0) is 11.5. The molecule has 2 aromatic rings. The SMILES string of the molecule is CCCC(C)c1nc2c(C#N)cccc2[nH]1. The van der Waals surface area contributed by atoms with Gasteiger partial charge in [-0.25, -0.2) is 4.98 Å². The minimum atomic E-state index is 0.420. The predicted molar refractivity (Wildman–Crippen MR) is 64.1 cm³/mol. The lowest BCUT2D eigenvalue weighted by molar-refractivity contribution is 0.635. The van der Waals surface area contributed by atoms with Crippen molar-refractivity contribution >= 4 is 11.0 Å². The van der Waals surface area contributed by atoms with Gasteiger partial charge in [0.05, 0.1) is 11.1 Å². The smallest absolute Gasteiger partial charge is 0.110 e. The first kappa shape index (κ1) is 10.7. The summed E-state index contributed by atoms with van der Waals surface area (Å²) in [4.78, 5) is 7.82. The molecular formula is C13H15N3. The van der Waals surface area contributed by atoms with Crippen LogP contribution < -0.4 is 0 Å². The van der Waals surface area contributed by atoms with Gasteiger partial charge in [0.15, 0.2) is 0 Å². The lowest BCUT2D eigenvalue weighted by atomic mass is 10.1. The Morgan fingerprint density at radius 3 is 3.00 bits per heavy atom. The Morgan fingerprint density at radius 2 is 2.31 bits per heavy atom. The summed E-state index contributed by atoms with van der Waals surface area (Å²) in [6, 6.07) is 7.82. The van der Waals surface area contributed by atoms with E-state index in [0.717, 1.165) is 29.7 Å². The van der Waals surface area contributed by atoms with Gasteiger partial charge in [-0.1, -0.05) is 26.3 Å². The molecule has 16 heavy (non-hydrogen) atoms. The fourth-order valence-corrected chi connectivity index (χ4v) is 1.94. The monoisotopic (exact) mass is 213 g/mol. The number of aromatic nitrogens is 2. The van der Waals surface area contributed by atoms with Crippen LogP contribution in [0.4, 0.5) is 0 Å². The number of rotatable bonds is 3. The average Bonchev–Trinajstić information content (AvgIpc) is 2.72. The molecule has 1 unspecified atom stereocenters. The first-order valence-corrected chi connectivity index (χ1v) is 5.65. The summed E-state index contributed by atoms with van der Waals surface area (Å²) in [5.74, 6) is 1.41. The van der Waals surface area contributed by atoms with E-state index in [1.54, 1.807) is 6.07 Å². The molecule has 3 heteroatoms. The van der Waals surface area contributed by atoms with E-state index in [9.17, 15) is 0 Å². The molecule has 0 aliphatic carbocycles. The second kappa shape index (κ2) is 4.36. The lowest BCUT2D eigenvalue weighted by Crippen LogP contribution is -1.94. The van der Waals surface area contributed by atoms with Crippen LogP contribution in [0.15, 0.2) is 18.2 Å². The van der Waals surface area contributed by atoms with Gasteiger partial charge in [0, 0.05) is 5.92 Å². The fourth-order valence-electron chi connectivity index (χ4n) is 1.94. The Morgan fingerprint density at radius 1 is 1.50 bits per heavy atom. The highest BCUT2D eigenvalue weighted by Crippen LogP contribution is 2.22. The minimum absolute atomic E-state index is 0.420. The summed E-state index contributed by atoms with van der Waals surface area (Å²) < 4.78 is 0. The van der Waals surface area contributed by atoms with Gasteiger partial charge in [-0.15, -0.1) is 0 Å². The van der Waals surface area contributed by atoms with Crippen LogP contribution in [0.2, 0.25) is 0 Å². The minimum Gasteiger partial charge on any atom is -0.342 e. The molecule has 0 fully saturated rings. The van der Waals surface area contributed by atoms with E-state index in [-0.39, 0.29) is 0 Å². The summed E-state index contributed by atoms with van der Waals surface area (Å²) in [6.45, 7) is 4.33. The van der Waals surface area contributed by atoms with Crippen molar-refractivity contribution in [3.8, 4) is 6.07 Å². The second-order valence-electron chi connectivity index (χ2n) is 4.13. The van der Waals surface area contributed by atoms with E-state index >= 15 is 0 Å². The van der Waals surface area contributed by atoms with Gasteiger partial charge in [-0.3, -0.25) is 0 Å². The number of nitrogens with zero attached hydrogens (tertiary/aromatic N) is 2. The van der Waals surface area contributed by atoms with Gasteiger partial charge in [-0.2, -0.15) is 5.26 Å². The number of nitriles is 1. The van der Waals surface area contributed by atoms with Crippen LogP contribution >= 0.6 is 0 Å². The van der Waals surface area contributed by atoms with Crippen LogP contribution in [0.3, 0.4) is 0 Å². The van der Waals surface area contributed by atoms with E-state index in [0.29, 0.717) is 11.5 Å². The van der Waals surface area contributed by atoms with Crippen LogP contribution in [0.25, 0.3) is 11.0 Å². The Labute approximate surface area is 95.1 Å². The van der Waals surface area contributed by atoms with Crippen molar-refractivity contribution < 1.29 is 0 Å². The van der Waals surface area contributed by atoms with E-state index in [2.05, 4.69) is 29.9 Å². The molecule has 0 aliphatic rings. The first-order chi connectivity index (χ1) is 7.76. The van der Waals surface area contributed by atoms with Crippen molar-refractivity contribution in [1.29, 1.82) is 5.26 Å². The topological polar surface area (TPSA) is 52.5 Å². The maximum Gasteiger partial charge on any atom is 0.110 e. The molecule has 1 N–H and O–H groups in total. The molecule has 82 valence electrons. The van der Waals surface area contributed by atoms with Crippen LogP contribution in [0, 0.1) is 11.3 Å². The molecule has 0 saturated carbocycles.